The SMILES string of the molecule is CCN(C(=O)c1csc(-c2ccc(F)cc2)n1)c1ccccc1. The number of aromatic nitrogens is 1. The molecule has 0 saturated carbocycles. The van der Waals surface area contributed by atoms with E-state index in [1.165, 1.54) is 23.5 Å². The van der Waals surface area contributed by atoms with Crippen molar-refractivity contribution in [2.45, 2.75) is 6.92 Å². The van der Waals surface area contributed by atoms with Gasteiger partial charge in [0.1, 0.15) is 16.5 Å². The Morgan fingerprint density at radius 3 is 2.48 bits per heavy atom. The molecule has 3 aromatic rings. The number of hydrogen-bond acceptors (Lipinski definition) is 3. The van der Waals surface area contributed by atoms with E-state index in [4.69, 9.17) is 0 Å². The number of benzene rings is 2. The minimum absolute atomic E-state index is 0.136. The van der Waals surface area contributed by atoms with Gasteiger partial charge in [0.25, 0.3) is 5.91 Å². The van der Waals surface area contributed by atoms with E-state index in [0.29, 0.717) is 17.2 Å². The molecule has 0 atom stereocenters. The Balaban J connectivity index is 1.87. The highest BCUT2D eigenvalue weighted by Crippen LogP contribution is 2.25. The molecular formula is C18H15FN2OS. The first kappa shape index (κ1) is 15.4. The number of hydrogen-bond donors (Lipinski definition) is 0. The number of thiazole rings is 1. The highest BCUT2D eigenvalue weighted by atomic mass is 32.1. The van der Waals surface area contributed by atoms with E-state index in [9.17, 15) is 9.18 Å². The molecule has 0 aliphatic heterocycles. The summed E-state index contributed by atoms with van der Waals surface area (Å²) in [6.07, 6.45) is 0. The Morgan fingerprint density at radius 1 is 1.13 bits per heavy atom. The lowest BCUT2D eigenvalue weighted by Gasteiger charge is -2.19. The van der Waals surface area contributed by atoms with Crippen molar-refractivity contribution >= 4 is 22.9 Å². The summed E-state index contributed by atoms with van der Waals surface area (Å²) in [7, 11) is 0. The van der Waals surface area contributed by atoms with E-state index in [1.54, 1.807) is 22.4 Å². The van der Waals surface area contributed by atoms with Gasteiger partial charge in [-0.05, 0) is 43.3 Å². The summed E-state index contributed by atoms with van der Waals surface area (Å²) in [5.74, 6) is -0.425. The van der Waals surface area contributed by atoms with Gasteiger partial charge in [0.15, 0.2) is 0 Å². The van der Waals surface area contributed by atoms with Crippen molar-refractivity contribution in [3.63, 3.8) is 0 Å². The van der Waals surface area contributed by atoms with Crippen molar-refractivity contribution in [3.05, 3.63) is 71.5 Å². The standard InChI is InChI=1S/C18H15FN2OS/c1-2-21(15-6-4-3-5-7-15)18(22)16-12-23-17(20-16)13-8-10-14(19)11-9-13/h3-12H,2H2,1H3. The van der Waals surface area contributed by atoms with Crippen LogP contribution in [0.4, 0.5) is 10.1 Å². The topological polar surface area (TPSA) is 33.2 Å². The highest BCUT2D eigenvalue weighted by molar-refractivity contribution is 7.13. The zero-order valence-corrected chi connectivity index (χ0v) is 13.4. The molecule has 0 aliphatic carbocycles. The first-order valence-electron chi connectivity index (χ1n) is 7.27. The van der Waals surface area contributed by atoms with Crippen molar-refractivity contribution in [2.75, 3.05) is 11.4 Å². The number of nitrogens with zero attached hydrogens (tertiary/aromatic N) is 2. The summed E-state index contributed by atoms with van der Waals surface area (Å²) < 4.78 is 13.0. The fourth-order valence-corrected chi connectivity index (χ4v) is 3.09. The zero-order valence-electron chi connectivity index (χ0n) is 12.6. The number of para-hydroxylation sites is 1. The van der Waals surface area contributed by atoms with E-state index in [2.05, 4.69) is 4.98 Å². The normalized spacial score (nSPS) is 10.5. The van der Waals surface area contributed by atoms with Gasteiger partial charge in [0, 0.05) is 23.2 Å². The number of rotatable bonds is 4. The predicted octanol–water partition coefficient (Wildman–Crippen LogP) is 4.62. The van der Waals surface area contributed by atoms with Crippen molar-refractivity contribution < 1.29 is 9.18 Å². The second-order valence-electron chi connectivity index (χ2n) is 4.93. The van der Waals surface area contributed by atoms with Gasteiger partial charge < -0.3 is 4.90 Å². The lowest BCUT2D eigenvalue weighted by Crippen LogP contribution is -2.30. The largest absolute Gasteiger partial charge is 0.307 e. The van der Waals surface area contributed by atoms with Gasteiger partial charge in [-0.2, -0.15) is 0 Å². The summed E-state index contributed by atoms with van der Waals surface area (Å²) in [4.78, 5) is 18.8. The summed E-state index contributed by atoms with van der Waals surface area (Å²) in [6.45, 7) is 2.49. The van der Waals surface area contributed by atoms with Crippen molar-refractivity contribution in [2.24, 2.45) is 0 Å². The molecule has 1 amide bonds. The fourth-order valence-electron chi connectivity index (χ4n) is 2.29. The quantitative estimate of drug-likeness (QED) is 0.701. The van der Waals surface area contributed by atoms with Crippen LogP contribution in [0.15, 0.2) is 60.0 Å². The third-order valence-corrected chi connectivity index (χ3v) is 4.34. The molecule has 1 aromatic heterocycles. The van der Waals surface area contributed by atoms with Crippen LogP contribution in [0.1, 0.15) is 17.4 Å². The zero-order chi connectivity index (χ0) is 16.2. The molecule has 0 unspecified atom stereocenters. The molecular weight excluding hydrogens is 311 g/mol. The summed E-state index contributed by atoms with van der Waals surface area (Å²) >= 11 is 1.38. The first-order chi connectivity index (χ1) is 11.2. The lowest BCUT2D eigenvalue weighted by atomic mass is 10.2. The second-order valence-corrected chi connectivity index (χ2v) is 5.79. The molecule has 0 aliphatic rings. The Bertz CT molecular complexity index is 799. The van der Waals surface area contributed by atoms with E-state index < -0.39 is 0 Å². The van der Waals surface area contributed by atoms with E-state index in [-0.39, 0.29) is 11.7 Å². The minimum Gasteiger partial charge on any atom is -0.307 e. The molecule has 0 N–H and O–H groups in total. The maximum absolute atomic E-state index is 13.0. The number of carbonyl (C=O) groups is 1. The maximum atomic E-state index is 13.0. The summed E-state index contributed by atoms with van der Waals surface area (Å²) in [5, 5.41) is 2.45. The summed E-state index contributed by atoms with van der Waals surface area (Å²) in [6, 6.07) is 15.6. The molecule has 0 saturated heterocycles. The minimum atomic E-state index is -0.289. The van der Waals surface area contributed by atoms with Gasteiger partial charge in [-0.3, -0.25) is 4.79 Å². The van der Waals surface area contributed by atoms with Crippen LogP contribution in [0.3, 0.4) is 0 Å². The van der Waals surface area contributed by atoms with Gasteiger partial charge in [-0.25, -0.2) is 9.37 Å². The van der Waals surface area contributed by atoms with Gasteiger partial charge in [-0.15, -0.1) is 11.3 Å². The maximum Gasteiger partial charge on any atom is 0.277 e. The Labute approximate surface area is 138 Å². The van der Waals surface area contributed by atoms with Gasteiger partial charge in [0.05, 0.1) is 0 Å². The number of amides is 1. The van der Waals surface area contributed by atoms with Gasteiger partial charge >= 0.3 is 0 Å². The molecule has 0 bridgehead atoms. The highest BCUT2D eigenvalue weighted by Gasteiger charge is 2.19. The number of anilines is 1. The third kappa shape index (κ3) is 3.29. The molecule has 116 valence electrons. The molecule has 0 radical (unpaired) electrons. The molecule has 0 fully saturated rings. The van der Waals surface area contributed by atoms with Crippen molar-refractivity contribution in [1.82, 2.24) is 4.98 Å². The van der Waals surface area contributed by atoms with Crippen LogP contribution in [0.25, 0.3) is 10.6 Å². The van der Waals surface area contributed by atoms with E-state index in [0.717, 1.165) is 11.3 Å². The van der Waals surface area contributed by atoms with Gasteiger partial charge in [0.2, 0.25) is 0 Å². The summed E-state index contributed by atoms with van der Waals surface area (Å²) in [5.41, 5.74) is 2.05. The van der Waals surface area contributed by atoms with Crippen molar-refractivity contribution in [1.29, 1.82) is 0 Å². The number of halogens is 1. The Morgan fingerprint density at radius 2 is 1.83 bits per heavy atom. The molecule has 1 heterocycles. The van der Waals surface area contributed by atoms with Crippen LogP contribution in [-0.4, -0.2) is 17.4 Å². The average Bonchev–Trinajstić information content (AvgIpc) is 3.07. The molecule has 2 aromatic carbocycles. The molecule has 5 heteroatoms. The number of carbonyl (C=O) groups excluding carboxylic acids is 1. The Kier molecular flexibility index (Phi) is 4.48. The first-order valence-corrected chi connectivity index (χ1v) is 8.15. The second kappa shape index (κ2) is 6.71. The van der Waals surface area contributed by atoms with Crippen LogP contribution in [0.2, 0.25) is 0 Å². The van der Waals surface area contributed by atoms with Crippen LogP contribution < -0.4 is 4.90 Å². The fraction of sp³-hybridized carbons (Fsp3) is 0.111. The lowest BCUT2D eigenvalue weighted by molar-refractivity contribution is 0.0984. The smallest absolute Gasteiger partial charge is 0.277 e. The molecule has 3 nitrogen and oxygen atoms in total. The van der Waals surface area contributed by atoms with E-state index in [1.807, 2.05) is 37.3 Å². The predicted molar refractivity (Wildman–Crippen MR) is 91.3 cm³/mol. The monoisotopic (exact) mass is 326 g/mol. The average molecular weight is 326 g/mol. The van der Waals surface area contributed by atoms with Crippen LogP contribution in [0.5, 0.6) is 0 Å². The third-order valence-electron chi connectivity index (χ3n) is 3.44. The van der Waals surface area contributed by atoms with Gasteiger partial charge in [-0.1, -0.05) is 18.2 Å². The molecule has 23 heavy (non-hydrogen) atoms. The van der Waals surface area contributed by atoms with Crippen LogP contribution in [0, 0.1) is 5.82 Å². The van der Waals surface area contributed by atoms with Crippen LogP contribution in [-0.2, 0) is 0 Å². The van der Waals surface area contributed by atoms with Crippen LogP contribution >= 0.6 is 11.3 Å². The Hall–Kier alpha value is -2.53. The van der Waals surface area contributed by atoms with E-state index >= 15 is 0 Å². The molecule has 3 rings (SSSR count). The van der Waals surface area contributed by atoms with Crippen molar-refractivity contribution in [3.8, 4) is 10.6 Å². The molecule has 0 spiro atoms.